The molecule has 1 aliphatic carbocycles. The maximum atomic E-state index is 11.2. The minimum Gasteiger partial charge on any atom is -0.307 e. The highest BCUT2D eigenvalue weighted by molar-refractivity contribution is 5.67. The van der Waals surface area contributed by atoms with Crippen molar-refractivity contribution in [3.8, 4) is 0 Å². The second kappa shape index (κ2) is 4.25. The summed E-state index contributed by atoms with van der Waals surface area (Å²) >= 11 is 0. The largest absolute Gasteiger partial charge is 0.307 e. The number of fused-ring (bicyclic) bond motifs is 1. The van der Waals surface area contributed by atoms with Gasteiger partial charge < -0.3 is 4.98 Å². The molecule has 0 bridgehead atoms. The van der Waals surface area contributed by atoms with E-state index >= 15 is 0 Å². The average Bonchev–Trinajstić information content (AvgIpc) is 2.87. The fourth-order valence-electron chi connectivity index (χ4n) is 2.38. The number of hydrogen-bond donors (Lipinski definition) is 1. The zero-order valence-electron chi connectivity index (χ0n) is 10.2. The number of rotatable bonds is 2. The summed E-state index contributed by atoms with van der Waals surface area (Å²) in [7, 11) is 1.94. The van der Waals surface area contributed by atoms with E-state index in [4.69, 9.17) is 0 Å². The number of aryl methyl sites for hydroxylation is 2. The lowest BCUT2D eigenvalue weighted by Gasteiger charge is -1.98. The Morgan fingerprint density at radius 3 is 3.11 bits per heavy atom. The molecule has 2 aromatic rings. The van der Waals surface area contributed by atoms with Crippen LogP contribution in [0, 0.1) is 0 Å². The van der Waals surface area contributed by atoms with Crippen molar-refractivity contribution in [2.75, 3.05) is 0 Å². The van der Waals surface area contributed by atoms with E-state index in [0.717, 1.165) is 18.5 Å². The molecule has 92 valence electrons. The second-order valence-electron chi connectivity index (χ2n) is 4.44. The van der Waals surface area contributed by atoms with Gasteiger partial charge in [0.2, 0.25) is 0 Å². The van der Waals surface area contributed by atoms with Crippen LogP contribution in [0.5, 0.6) is 0 Å². The molecule has 1 aliphatic rings. The third-order valence-electron chi connectivity index (χ3n) is 3.21. The molecule has 0 saturated carbocycles. The summed E-state index contributed by atoms with van der Waals surface area (Å²) < 4.78 is 1.89. The topological polar surface area (TPSA) is 63.6 Å². The van der Waals surface area contributed by atoms with Crippen LogP contribution in [-0.2, 0) is 19.9 Å². The predicted octanol–water partition coefficient (Wildman–Crippen LogP) is 1.16. The Labute approximate surface area is 104 Å². The Hall–Kier alpha value is -2.17. The van der Waals surface area contributed by atoms with Crippen LogP contribution in [-0.4, -0.2) is 19.7 Å². The highest BCUT2D eigenvalue weighted by Crippen LogP contribution is 2.25. The molecule has 0 fully saturated rings. The van der Waals surface area contributed by atoms with Crippen LogP contribution in [0.3, 0.4) is 0 Å². The Kier molecular flexibility index (Phi) is 2.59. The van der Waals surface area contributed by atoms with Gasteiger partial charge in [0.15, 0.2) is 0 Å². The maximum Gasteiger partial charge on any atom is 0.251 e. The van der Waals surface area contributed by atoms with Crippen molar-refractivity contribution in [3.05, 3.63) is 45.4 Å². The fourth-order valence-corrected chi connectivity index (χ4v) is 2.38. The number of aromatic amines is 1. The van der Waals surface area contributed by atoms with Crippen molar-refractivity contribution < 1.29 is 0 Å². The molecule has 2 heterocycles. The van der Waals surface area contributed by atoms with Crippen LogP contribution in [0.4, 0.5) is 0 Å². The van der Waals surface area contributed by atoms with Crippen LogP contribution in [0.15, 0.2) is 17.1 Å². The van der Waals surface area contributed by atoms with Gasteiger partial charge in [-0.25, -0.2) is 4.98 Å². The van der Waals surface area contributed by atoms with E-state index < -0.39 is 0 Å². The second-order valence-corrected chi connectivity index (χ2v) is 4.44. The van der Waals surface area contributed by atoms with Crippen LogP contribution < -0.4 is 5.56 Å². The summed E-state index contributed by atoms with van der Waals surface area (Å²) in [6.07, 6.45) is 8.62. The Morgan fingerprint density at radius 2 is 2.28 bits per heavy atom. The molecule has 1 N–H and O–H groups in total. The lowest BCUT2D eigenvalue weighted by Crippen LogP contribution is -2.05. The van der Waals surface area contributed by atoms with Crippen molar-refractivity contribution >= 4 is 12.2 Å². The first-order chi connectivity index (χ1) is 8.74. The average molecular weight is 242 g/mol. The number of nitrogens with one attached hydrogen (secondary N) is 1. The molecular weight excluding hydrogens is 228 g/mol. The number of aromatic nitrogens is 4. The Bertz CT molecular complexity index is 666. The third kappa shape index (κ3) is 1.88. The third-order valence-corrected chi connectivity index (χ3v) is 3.21. The van der Waals surface area contributed by atoms with Gasteiger partial charge in [-0.15, -0.1) is 0 Å². The number of hydrogen-bond acceptors (Lipinski definition) is 3. The molecule has 0 aliphatic heterocycles. The van der Waals surface area contributed by atoms with Gasteiger partial charge in [-0.05, 0) is 31.4 Å². The first-order valence-electron chi connectivity index (χ1n) is 6.02. The van der Waals surface area contributed by atoms with E-state index in [0.29, 0.717) is 5.82 Å². The van der Waals surface area contributed by atoms with E-state index in [1.807, 2.05) is 23.9 Å². The predicted molar refractivity (Wildman–Crippen MR) is 69.0 cm³/mol. The van der Waals surface area contributed by atoms with Crippen LogP contribution in [0.1, 0.15) is 29.2 Å². The summed E-state index contributed by atoms with van der Waals surface area (Å²) in [4.78, 5) is 17.9. The Balaban J connectivity index is 1.95. The maximum absolute atomic E-state index is 11.2. The molecule has 5 nitrogen and oxygen atoms in total. The summed E-state index contributed by atoms with van der Waals surface area (Å²) in [5.41, 5.74) is 3.49. The van der Waals surface area contributed by atoms with E-state index in [1.54, 1.807) is 0 Å². The Morgan fingerprint density at radius 1 is 1.39 bits per heavy atom. The molecule has 5 heteroatoms. The van der Waals surface area contributed by atoms with Gasteiger partial charge in [0.1, 0.15) is 5.82 Å². The smallest absolute Gasteiger partial charge is 0.251 e. The SMILES string of the molecule is Cn1nc2c(c1C=Cc1nccc(=O)[nH]1)CCC2. The van der Waals surface area contributed by atoms with Gasteiger partial charge in [-0.3, -0.25) is 9.48 Å². The summed E-state index contributed by atoms with van der Waals surface area (Å²) in [6, 6.07) is 1.40. The zero-order valence-corrected chi connectivity index (χ0v) is 10.2. The van der Waals surface area contributed by atoms with Crippen molar-refractivity contribution in [1.29, 1.82) is 0 Å². The van der Waals surface area contributed by atoms with Crippen LogP contribution in [0.25, 0.3) is 12.2 Å². The van der Waals surface area contributed by atoms with Crippen molar-refractivity contribution in [2.45, 2.75) is 19.3 Å². The molecule has 0 radical (unpaired) electrons. The summed E-state index contributed by atoms with van der Waals surface area (Å²) in [6.45, 7) is 0. The molecule has 0 spiro atoms. The van der Waals surface area contributed by atoms with Gasteiger partial charge in [-0.1, -0.05) is 0 Å². The highest BCUT2D eigenvalue weighted by Gasteiger charge is 2.18. The normalized spacial score (nSPS) is 14.3. The lowest BCUT2D eigenvalue weighted by atomic mass is 10.2. The zero-order chi connectivity index (χ0) is 12.5. The van der Waals surface area contributed by atoms with Crippen molar-refractivity contribution in [3.63, 3.8) is 0 Å². The molecule has 18 heavy (non-hydrogen) atoms. The van der Waals surface area contributed by atoms with Gasteiger partial charge in [-0.2, -0.15) is 5.10 Å². The standard InChI is InChI=1S/C13H14N4O/c1-17-11(9-3-2-4-10(9)16-17)5-6-12-14-8-7-13(18)15-12/h5-8H,2-4H2,1H3,(H,14,15,18). The summed E-state index contributed by atoms with van der Waals surface area (Å²) in [5.74, 6) is 0.565. The van der Waals surface area contributed by atoms with E-state index in [1.165, 1.54) is 29.9 Å². The molecule has 0 saturated heterocycles. The highest BCUT2D eigenvalue weighted by atomic mass is 16.1. The fraction of sp³-hybridized carbons (Fsp3) is 0.308. The molecule has 0 unspecified atom stereocenters. The monoisotopic (exact) mass is 242 g/mol. The molecule has 0 amide bonds. The molecular formula is C13H14N4O. The minimum atomic E-state index is -0.139. The summed E-state index contributed by atoms with van der Waals surface area (Å²) in [5, 5.41) is 4.49. The van der Waals surface area contributed by atoms with Crippen molar-refractivity contribution in [2.24, 2.45) is 7.05 Å². The van der Waals surface area contributed by atoms with Crippen LogP contribution >= 0.6 is 0 Å². The van der Waals surface area contributed by atoms with Gasteiger partial charge >= 0.3 is 0 Å². The molecule has 0 atom stereocenters. The minimum absolute atomic E-state index is 0.139. The molecule has 0 aromatic carbocycles. The van der Waals surface area contributed by atoms with Crippen LogP contribution in [0.2, 0.25) is 0 Å². The first kappa shape index (κ1) is 11.0. The van der Waals surface area contributed by atoms with Crippen molar-refractivity contribution in [1.82, 2.24) is 19.7 Å². The number of nitrogens with zero attached hydrogens (tertiary/aromatic N) is 3. The quantitative estimate of drug-likeness (QED) is 0.859. The van der Waals surface area contributed by atoms with E-state index in [-0.39, 0.29) is 5.56 Å². The van der Waals surface area contributed by atoms with E-state index in [2.05, 4.69) is 15.1 Å². The molecule has 3 rings (SSSR count). The lowest BCUT2D eigenvalue weighted by molar-refractivity contribution is 0.721. The van der Waals surface area contributed by atoms with Gasteiger partial charge in [0, 0.05) is 24.9 Å². The number of H-pyrrole nitrogens is 1. The molecule has 2 aromatic heterocycles. The van der Waals surface area contributed by atoms with Gasteiger partial charge in [0.25, 0.3) is 5.56 Å². The first-order valence-corrected chi connectivity index (χ1v) is 6.02. The van der Waals surface area contributed by atoms with Gasteiger partial charge in [0.05, 0.1) is 11.4 Å². The van der Waals surface area contributed by atoms with E-state index in [9.17, 15) is 4.79 Å².